The van der Waals surface area contributed by atoms with Crippen molar-refractivity contribution < 1.29 is 0 Å². The molecule has 0 atom stereocenters. The number of nitrogens with zero attached hydrogens (tertiary/aromatic N) is 2. The van der Waals surface area contributed by atoms with Crippen molar-refractivity contribution >= 4 is 91.0 Å². The summed E-state index contributed by atoms with van der Waals surface area (Å²) >= 11 is 3.69. The van der Waals surface area contributed by atoms with Crippen molar-refractivity contribution in [3.8, 4) is 11.1 Å². The van der Waals surface area contributed by atoms with Gasteiger partial charge in [-0.05, 0) is 65.7 Å². The third-order valence-electron chi connectivity index (χ3n) is 8.30. The van der Waals surface area contributed by atoms with E-state index < -0.39 is 0 Å². The molecular formula is C39H24N2S2. The Morgan fingerprint density at radius 2 is 1.14 bits per heavy atom. The molecule has 0 N–H and O–H groups in total. The van der Waals surface area contributed by atoms with Gasteiger partial charge in [0, 0.05) is 64.3 Å². The van der Waals surface area contributed by atoms with Crippen molar-refractivity contribution in [3.05, 3.63) is 146 Å². The first-order valence-corrected chi connectivity index (χ1v) is 16.0. The molecule has 4 heteroatoms. The molecule has 9 aromatic rings. The van der Waals surface area contributed by atoms with Crippen LogP contribution in [0, 0.1) is 0 Å². The van der Waals surface area contributed by atoms with Gasteiger partial charge in [-0.15, -0.1) is 22.7 Å². The van der Waals surface area contributed by atoms with Crippen LogP contribution in [-0.2, 0) is 0 Å². The van der Waals surface area contributed by atoms with E-state index in [9.17, 15) is 0 Å². The summed E-state index contributed by atoms with van der Waals surface area (Å²) in [4.78, 5) is 7.13. The standard InChI is InChI=1S/C39H24N2S2/c1-2-7-25(8-3-1)26-12-15-28(16-13-26)41(29-18-21-36-34(23-29)31-10-4-5-11-35(31)42-36)30-17-20-32-33-19-14-27-9-6-22-40-38(27)39(33)43-37(32)24-30/h1-24H. The minimum Gasteiger partial charge on any atom is -0.310 e. The van der Waals surface area contributed by atoms with Crippen LogP contribution >= 0.6 is 22.7 Å². The van der Waals surface area contributed by atoms with Gasteiger partial charge in [0.2, 0.25) is 0 Å². The lowest BCUT2D eigenvalue weighted by Gasteiger charge is -2.26. The van der Waals surface area contributed by atoms with E-state index in [-0.39, 0.29) is 0 Å². The molecule has 3 aromatic heterocycles. The van der Waals surface area contributed by atoms with Gasteiger partial charge in [0.15, 0.2) is 0 Å². The number of benzene rings is 6. The van der Waals surface area contributed by atoms with Crippen LogP contribution in [0.4, 0.5) is 17.1 Å². The summed E-state index contributed by atoms with van der Waals surface area (Å²) in [5.41, 5.74) is 6.93. The molecule has 0 bridgehead atoms. The van der Waals surface area contributed by atoms with E-state index in [1.165, 1.54) is 56.9 Å². The minimum absolute atomic E-state index is 1.07. The van der Waals surface area contributed by atoms with E-state index in [0.717, 1.165) is 22.6 Å². The average Bonchev–Trinajstić information content (AvgIpc) is 3.64. The first-order valence-electron chi connectivity index (χ1n) is 14.4. The molecule has 2 nitrogen and oxygen atoms in total. The van der Waals surface area contributed by atoms with E-state index in [2.05, 4.69) is 138 Å². The summed E-state index contributed by atoms with van der Waals surface area (Å²) in [6, 6.07) is 50.6. The molecule has 9 rings (SSSR count). The highest BCUT2D eigenvalue weighted by molar-refractivity contribution is 7.26. The predicted octanol–water partition coefficient (Wildman–Crippen LogP) is 12.1. The molecule has 43 heavy (non-hydrogen) atoms. The van der Waals surface area contributed by atoms with Gasteiger partial charge in [-0.2, -0.15) is 0 Å². The van der Waals surface area contributed by atoms with Crippen LogP contribution < -0.4 is 4.90 Å². The number of hydrogen-bond acceptors (Lipinski definition) is 4. The molecule has 6 aromatic carbocycles. The quantitative estimate of drug-likeness (QED) is 0.205. The number of thiophene rings is 2. The van der Waals surface area contributed by atoms with Crippen molar-refractivity contribution in [2.24, 2.45) is 0 Å². The highest BCUT2D eigenvalue weighted by atomic mass is 32.1. The first-order chi connectivity index (χ1) is 21.3. The topological polar surface area (TPSA) is 16.1 Å². The lowest BCUT2D eigenvalue weighted by atomic mass is 10.0. The fourth-order valence-corrected chi connectivity index (χ4v) is 8.56. The highest BCUT2D eigenvalue weighted by Crippen LogP contribution is 2.44. The number of rotatable bonds is 4. The number of anilines is 3. The Hall–Kier alpha value is -5.03. The van der Waals surface area contributed by atoms with Crippen LogP contribution in [-0.4, -0.2) is 4.98 Å². The second kappa shape index (κ2) is 9.77. The fourth-order valence-electron chi connectivity index (χ4n) is 6.23. The largest absolute Gasteiger partial charge is 0.310 e. The molecule has 0 aliphatic carbocycles. The summed E-state index contributed by atoms with van der Waals surface area (Å²) < 4.78 is 5.14. The van der Waals surface area contributed by atoms with Gasteiger partial charge in [-0.1, -0.05) is 84.9 Å². The van der Waals surface area contributed by atoms with Crippen LogP contribution in [0.2, 0.25) is 0 Å². The van der Waals surface area contributed by atoms with E-state index in [1.807, 2.05) is 34.9 Å². The van der Waals surface area contributed by atoms with Crippen LogP contribution in [0.1, 0.15) is 0 Å². The SMILES string of the molecule is c1ccc(-c2ccc(N(c3ccc4c(c3)sc3c4ccc4cccnc43)c3ccc4sc5ccccc5c4c3)cc2)cc1. The Labute approximate surface area is 256 Å². The normalized spacial score (nSPS) is 11.7. The van der Waals surface area contributed by atoms with Crippen molar-refractivity contribution in [2.75, 3.05) is 4.90 Å². The third kappa shape index (κ3) is 4.03. The second-order valence-corrected chi connectivity index (χ2v) is 13.0. The van der Waals surface area contributed by atoms with Gasteiger partial charge in [-0.3, -0.25) is 4.98 Å². The van der Waals surface area contributed by atoms with Crippen molar-refractivity contribution in [1.82, 2.24) is 4.98 Å². The molecule has 0 aliphatic rings. The van der Waals surface area contributed by atoms with Gasteiger partial charge in [0.25, 0.3) is 0 Å². The molecule has 0 saturated heterocycles. The van der Waals surface area contributed by atoms with Crippen LogP contribution in [0.25, 0.3) is 62.4 Å². The number of pyridine rings is 1. The molecule has 0 amide bonds. The van der Waals surface area contributed by atoms with E-state index in [4.69, 9.17) is 4.98 Å². The molecule has 0 aliphatic heterocycles. The zero-order valence-electron chi connectivity index (χ0n) is 23.1. The lowest BCUT2D eigenvalue weighted by molar-refractivity contribution is 1.30. The van der Waals surface area contributed by atoms with Crippen molar-refractivity contribution in [2.45, 2.75) is 0 Å². The molecular weight excluding hydrogens is 561 g/mol. The number of fused-ring (bicyclic) bond motifs is 8. The summed E-state index contributed by atoms with van der Waals surface area (Å²) in [5.74, 6) is 0. The molecule has 0 spiro atoms. The Kier molecular flexibility index (Phi) is 5.58. The van der Waals surface area contributed by atoms with Gasteiger partial charge < -0.3 is 4.90 Å². The molecule has 202 valence electrons. The predicted molar refractivity (Wildman–Crippen MR) is 188 cm³/mol. The van der Waals surface area contributed by atoms with E-state index >= 15 is 0 Å². The second-order valence-electron chi connectivity index (χ2n) is 10.8. The molecule has 0 unspecified atom stereocenters. The maximum Gasteiger partial charge on any atom is 0.0880 e. The molecule has 0 radical (unpaired) electrons. The van der Waals surface area contributed by atoms with Crippen molar-refractivity contribution in [3.63, 3.8) is 0 Å². The van der Waals surface area contributed by atoms with E-state index in [0.29, 0.717) is 0 Å². The van der Waals surface area contributed by atoms with Crippen LogP contribution in [0.3, 0.4) is 0 Å². The maximum atomic E-state index is 4.74. The van der Waals surface area contributed by atoms with Crippen molar-refractivity contribution in [1.29, 1.82) is 0 Å². The number of aromatic nitrogens is 1. The zero-order valence-corrected chi connectivity index (χ0v) is 24.7. The minimum atomic E-state index is 1.07. The van der Waals surface area contributed by atoms with Gasteiger partial charge in [-0.25, -0.2) is 0 Å². The summed E-state index contributed by atoms with van der Waals surface area (Å²) in [5, 5.41) is 6.32. The lowest BCUT2D eigenvalue weighted by Crippen LogP contribution is -2.09. The molecule has 0 saturated carbocycles. The third-order valence-corrected chi connectivity index (χ3v) is 10.6. The summed E-state index contributed by atoms with van der Waals surface area (Å²) in [7, 11) is 0. The first kappa shape index (κ1) is 24.6. The maximum absolute atomic E-state index is 4.74. The highest BCUT2D eigenvalue weighted by Gasteiger charge is 2.17. The monoisotopic (exact) mass is 584 g/mol. The average molecular weight is 585 g/mol. The Bertz CT molecular complexity index is 2450. The van der Waals surface area contributed by atoms with Gasteiger partial charge >= 0.3 is 0 Å². The smallest absolute Gasteiger partial charge is 0.0880 e. The van der Waals surface area contributed by atoms with Gasteiger partial charge in [0.05, 0.1) is 10.2 Å². The summed E-state index contributed by atoms with van der Waals surface area (Å²) in [6.07, 6.45) is 1.89. The van der Waals surface area contributed by atoms with Crippen LogP contribution in [0.5, 0.6) is 0 Å². The fraction of sp³-hybridized carbons (Fsp3) is 0. The number of hydrogen-bond donors (Lipinski definition) is 0. The Morgan fingerprint density at radius 1 is 0.442 bits per heavy atom. The summed E-state index contributed by atoms with van der Waals surface area (Å²) in [6.45, 7) is 0. The Balaban J connectivity index is 1.24. The Morgan fingerprint density at radius 3 is 2.05 bits per heavy atom. The van der Waals surface area contributed by atoms with E-state index in [1.54, 1.807) is 0 Å². The van der Waals surface area contributed by atoms with Gasteiger partial charge in [0.1, 0.15) is 0 Å². The zero-order chi connectivity index (χ0) is 28.3. The molecule has 3 heterocycles. The molecule has 0 fully saturated rings. The van der Waals surface area contributed by atoms with Crippen LogP contribution in [0.15, 0.2) is 146 Å².